The Labute approximate surface area is 159 Å². The number of aliphatic imine (C=N–C) groups is 1. The lowest BCUT2D eigenvalue weighted by Crippen LogP contribution is -2.43. The molecule has 8 heteroatoms. The number of hydrogen-bond acceptors (Lipinski definition) is 4. The highest BCUT2D eigenvalue weighted by molar-refractivity contribution is 7.98. The molecule has 4 amide bonds. The summed E-state index contributed by atoms with van der Waals surface area (Å²) in [6, 6.07) is 7.11. The van der Waals surface area contributed by atoms with Gasteiger partial charge < -0.3 is 9.64 Å². The minimum absolute atomic E-state index is 0.0121. The van der Waals surface area contributed by atoms with Crippen LogP contribution in [-0.2, 0) is 4.74 Å². The molecule has 1 aromatic carbocycles. The molecule has 1 aromatic rings. The van der Waals surface area contributed by atoms with Crippen molar-refractivity contribution in [2.24, 2.45) is 4.99 Å². The fraction of sp³-hybridized carbons (Fsp3) is 0.500. The van der Waals surface area contributed by atoms with Gasteiger partial charge in [0.05, 0.1) is 6.61 Å². The van der Waals surface area contributed by atoms with Crippen LogP contribution in [-0.4, -0.2) is 55.1 Å². The van der Waals surface area contributed by atoms with E-state index < -0.39 is 12.1 Å². The quantitative estimate of drug-likeness (QED) is 0.477. The number of amides is 4. The zero-order valence-electron chi connectivity index (χ0n) is 16.3. The number of rotatable bonds is 5. The first kappa shape index (κ1) is 21.8. The van der Waals surface area contributed by atoms with Crippen LogP contribution in [0.4, 0.5) is 9.59 Å². The van der Waals surface area contributed by atoms with E-state index >= 15 is 0 Å². The zero-order valence-corrected chi connectivity index (χ0v) is 17.1. The minimum atomic E-state index is -0.489. The summed E-state index contributed by atoms with van der Waals surface area (Å²) in [6.07, 6.45) is 0. The van der Waals surface area contributed by atoms with E-state index in [0.717, 1.165) is 4.90 Å². The molecule has 0 saturated heterocycles. The minimum Gasteiger partial charge on any atom is -0.465 e. The van der Waals surface area contributed by atoms with E-state index in [1.54, 1.807) is 27.9 Å². The van der Waals surface area contributed by atoms with Gasteiger partial charge in [-0.05, 0) is 49.4 Å². The van der Waals surface area contributed by atoms with Crippen LogP contribution in [0.2, 0.25) is 0 Å². The molecule has 7 nitrogen and oxygen atoms in total. The van der Waals surface area contributed by atoms with Crippen LogP contribution < -0.4 is 4.72 Å². The van der Waals surface area contributed by atoms with E-state index in [1.807, 2.05) is 24.3 Å². The van der Waals surface area contributed by atoms with Gasteiger partial charge in [0, 0.05) is 25.5 Å². The molecule has 0 aliphatic carbocycles. The summed E-state index contributed by atoms with van der Waals surface area (Å²) >= 11 is 1.21. The Morgan fingerprint density at radius 1 is 1.19 bits per heavy atom. The molecule has 0 aromatic heterocycles. The van der Waals surface area contributed by atoms with Crippen LogP contribution in [0.1, 0.15) is 39.2 Å². The number of nitrogens with one attached hydrogen (secondary N) is 1. The molecule has 0 bridgehead atoms. The number of carbonyl (C=O) groups excluding carboxylic acids is 2. The Morgan fingerprint density at radius 3 is 2.27 bits per heavy atom. The first-order chi connectivity index (χ1) is 12.3. The number of ether oxygens (including phenoxy) is 1. The van der Waals surface area contributed by atoms with Crippen molar-refractivity contribution in [3.05, 3.63) is 29.8 Å². The third-order valence-corrected chi connectivity index (χ3v) is 4.23. The van der Waals surface area contributed by atoms with Crippen molar-refractivity contribution in [1.82, 2.24) is 14.5 Å². The number of nitrogens with zero attached hydrogens (tertiary/aromatic N) is 3. The monoisotopic (exact) mass is 380 g/mol. The van der Waals surface area contributed by atoms with E-state index in [0.29, 0.717) is 19.1 Å². The molecule has 0 spiro atoms. The second-order valence-electron chi connectivity index (χ2n) is 5.98. The molecule has 0 aliphatic rings. The van der Waals surface area contributed by atoms with E-state index in [9.17, 15) is 9.59 Å². The Hall–Kier alpha value is -2.22. The Bertz CT molecular complexity index is 630. The van der Waals surface area contributed by atoms with Crippen LogP contribution >= 0.6 is 11.9 Å². The molecule has 26 heavy (non-hydrogen) atoms. The summed E-state index contributed by atoms with van der Waals surface area (Å²) < 4.78 is 8.15. The van der Waals surface area contributed by atoms with E-state index in [2.05, 4.69) is 23.6 Å². The number of benzene rings is 1. The lowest BCUT2D eigenvalue weighted by molar-refractivity contribution is 0.205. The van der Waals surface area contributed by atoms with Gasteiger partial charge in [0.15, 0.2) is 0 Å². The molecule has 0 heterocycles. The number of hydrogen-bond donors (Lipinski definition) is 1. The summed E-state index contributed by atoms with van der Waals surface area (Å²) in [5, 5.41) is 0. The summed E-state index contributed by atoms with van der Waals surface area (Å²) in [7, 11) is 3.17. The van der Waals surface area contributed by atoms with Crippen molar-refractivity contribution in [1.29, 1.82) is 0 Å². The van der Waals surface area contributed by atoms with Crippen molar-refractivity contribution < 1.29 is 14.3 Å². The third-order valence-electron chi connectivity index (χ3n) is 3.44. The van der Waals surface area contributed by atoms with Crippen molar-refractivity contribution in [2.45, 2.75) is 38.5 Å². The summed E-state index contributed by atoms with van der Waals surface area (Å²) in [4.78, 5) is 31.7. The maximum atomic E-state index is 12.5. The van der Waals surface area contributed by atoms with Gasteiger partial charge in [-0.25, -0.2) is 14.5 Å². The Balaban J connectivity index is 2.81. The van der Waals surface area contributed by atoms with Gasteiger partial charge in [0.25, 0.3) is 0 Å². The molecular weight excluding hydrogens is 352 g/mol. The molecule has 1 rings (SSSR count). The Kier molecular flexibility index (Phi) is 8.98. The average molecular weight is 381 g/mol. The van der Waals surface area contributed by atoms with Crippen LogP contribution in [0.3, 0.4) is 0 Å². The fourth-order valence-electron chi connectivity index (χ4n) is 1.93. The van der Waals surface area contributed by atoms with Gasteiger partial charge in [0.1, 0.15) is 0 Å². The molecule has 0 saturated carbocycles. The van der Waals surface area contributed by atoms with Gasteiger partial charge in [-0.15, -0.1) is 4.99 Å². The smallest absolute Gasteiger partial charge is 0.347 e. The zero-order chi connectivity index (χ0) is 19.7. The van der Waals surface area contributed by atoms with E-state index in [1.165, 1.54) is 27.3 Å². The van der Waals surface area contributed by atoms with Crippen molar-refractivity contribution >= 4 is 30.0 Å². The van der Waals surface area contributed by atoms with Crippen LogP contribution in [0.25, 0.3) is 0 Å². The van der Waals surface area contributed by atoms with Gasteiger partial charge in [-0.2, -0.15) is 0 Å². The average Bonchev–Trinajstić information content (AvgIpc) is 2.60. The normalized spacial score (nSPS) is 11.3. The summed E-state index contributed by atoms with van der Waals surface area (Å²) in [6.45, 7) is 8.44. The molecule has 0 fully saturated rings. The first-order valence-electron chi connectivity index (χ1n) is 8.57. The second-order valence-corrected chi connectivity index (χ2v) is 6.86. The Morgan fingerprint density at radius 2 is 1.81 bits per heavy atom. The predicted octanol–water partition coefficient (Wildman–Crippen LogP) is 3.92. The fourth-order valence-corrected chi connectivity index (χ4v) is 2.51. The molecule has 1 N–H and O–H groups in total. The molecule has 0 unspecified atom stereocenters. The van der Waals surface area contributed by atoms with Gasteiger partial charge >= 0.3 is 18.1 Å². The highest BCUT2D eigenvalue weighted by atomic mass is 32.2. The highest BCUT2D eigenvalue weighted by Crippen LogP contribution is 2.20. The van der Waals surface area contributed by atoms with Crippen LogP contribution in [0.5, 0.6) is 0 Å². The second kappa shape index (κ2) is 10.7. The number of carbonyl (C=O) groups is 2. The van der Waals surface area contributed by atoms with Gasteiger partial charge in [-0.1, -0.05) is 26.0 Å². The summed E-state index contributed by atoms with van der Waals surface area (Å²) in [5.41, 5.74) is 1.24. The van der Waals surface area contributed by atoms with Crippen molar-refractivity contribution in [2.75, 3.05) is 27.2 Å². The van der Waals surface area contributed by atoms with E-state index in [4.69, 9.17) is 4.74 Å². The highest BCUT2D eigenvalue weighted by Gasteiger charge is 2.21. The molecule has 0 atom stereocenters. The molecular formula is C18H28N4O3S. The predicted molar refractivity (Wildman–Crippen MR) is 105 cm³/mol. The topological polar surface area (TPSA) is 74.2 Å². The third kappa shape index (κ3) is 6.59. The maximum Gasteiger partial charge on any atom is 0.347 e. The van der Waals surface area contributed by atoms with E-state index in [-0.39, 0.29) is 6.02 Å². The van der Waals surface area contributed by atoms with Crippen molar-refractivity contribution in [3.63, 3.8) is 0 Å². The van der Waals surface area contributed by atoms with Gasteiger partial charge in [-0.3, -0.25) is 4.72 Å². The maximum absolute atomic E-state index is 12.5. The number of amidine groups is 1. The first-order valence-corrected chi connectivity index (χ1v) is 9.38. The van der Waals surface area contributed by atoms with Crippen LogP contribution in [0, 0.1) is 0 Å². The lowest BCUT2D eigenvalue weighted by Gasteiger charge is -2.22. The summed E-state index contributed by atoms with van der Waals surface area (Å²) in [5.74, 6) is 0.457. The van der Waals surface area contributed by atoms with Crippen molar-refractivity contribution in [3.8, 4) is 0 Å². The lowest BCUT2D eigenvalue weighted by atomic mass is 10.0. The SMILES string of the molecule is CCOC(=NC(=O)N(C)C)N(CC)C(=O)NSc1ccc(C(C)C)cc1. The molecule has 0 radical (unpaired) electrons. The largest absolute Gasteiger partial charge is 0.465 e. The van der Waals surface area contributed by atoms with Crippen LogP contribution in [0.15, 0.2) is 34.2 Å². The molecule has 144 valence electrons. The molecule has 0 aliphatic heterocycles. The van der Waals surface area contributed by atoms with Gasteiger partial charge in [0.2, 0.25) is 0 Å². The standard InChI is InChI=1S/C18H28N4O3S/c1-7-22(18(25-8-2)19-16(23)21(5)6)17(24)20-26-15-11-9-14(10-12-15)13(3)4/h9-13H,7-8H2,1-6H3,(H,20,24). The number of urea groups is 2.